The second-order valence-corrected chi connectivity index (χ2v) is 4.53. The first kappa shape index (κ1) is 11.4. The molecule has 0 aliphatic heterocycles. The van der Waals surface area contributed by atoms with Crippen LogP contribution in [0.25, 0.3) is 0 Å². The van der Waals surface area contributed by atoms with Gasteiger partial charge in [0.15, 0.2) is 0 Å². The molecule has 0 aliphatic carbocycles. The molecule has 0 amide bonds. The molecular formula is C13H9NO2S. The van der Waals surface area contributed by atoms with Crippen molar-refractivity contribution in [1.29, 1.82) is 5.26 Å². The Labute approximate surface area is 103 Å². The lowest BCUT2D eigenvalue weighted by Gasteiger charge is -2.03. The van der Waals surface area contributed by atoms with Crippen molar-refractivity contribution < 1.29 is 10.2 Å². The monoisotopic (exact) mass is 243 g/mol. The van der Waals surface area contributed by atoms with Gasteiger partial charge in [0.25, 0.3) is 0 Å². The fourth-order valence-corrected chi connectivity index (χ4v) is 2.17. The number of phenols is 2. The van der Waals surface area contributed by atoms with E-state index < -0.39 is 0 Å². The average molecular weight is 243 g/mol. The number of benzene rings is 2. The van der Waals surface area contributed by atoms with E-state index in [1.165, 1.54) is 11.8 Å². The molecule has 2 aromatic carbocycles. The van der Waals surface area contributed by atoms with Crippen LogP contribution in [0, 0.1) is 11.3 Å². The maximum Gasteiger partial charge on any atom is 0.134 e. The molecule has 0 bridgehead atoms. The van der Waals surface area contributed by atoms with E-state index in [1.54, 1.807) is 42.5 Å². The number of nitriles is 1. The van der Waals surface area contributed by atoms with Crippen LogP contribution in [0.5, 0.6) is 11.5 Å². The van der Waals surface area contributed by atoms with E-state index in [0.717, 1.165) is 9.79 Å². The van der Waals surface area contributed by atoms with Gasteiger partial charge in [-0.05, 0) is 42.5 Å². The molecule has 0 saturated heterocycles. The van der Waals surface area contributed by atoms with Gasteiger partial charge in [0.1, 0.15) is 17.6 Å². The van der Waals surface area contributed by atoms with Gasteiger partial charge in [0, 0.05) is 9.79 Å². The minimum absolute atomic E-state index is 0.0173. The van der Waals surface area contributed by atoms with E-state index in [4.69, 9.17) is 10.4 Å². The van der Waals surface area contributed by atoms with Gasteiger partial charge in [-0.1, -0.05) is 11.8 Å². The summed E-state index contributed by atoms with van der Waals surface area (Å²) in [6.07, 6.45) is 0. The van der Waals surface area contributed by atoms with Gasteiger partial charge in [-0.15, -0.1) is 0 Å². The highest BCUT2D eigenvalue weighted by atomic mass is 32.2. The lowest BCUT2D eigenvalue weighted by atomic mass is 10.2. The molecule has 2 aromatic rings. The van der Waals surface area contributed by atoms with Gasteiger partial charge in [0.2, 0.25) is 0 Å². The Morgan fingerprint density at radius 1 is 0.941 bits per heavy atom. The highest BCUT2D eigenvalue weighted by Gasteiger charge is 2.03. The molecule has 0 spiro atoms. The SMILES string of the molecule is N#Cc1ccc(Sc2ccc(O)cc2)cc1O. The van der Waals surface area contributed by atoms with Crippen molar-refractivity contribution in [2.24, 2.45) is 0 Å². The lowest BCUT2D eigenvalue weighted by Crippen LogP contribution is -1.78. The minimum Gasteiger partial charge on any atom is -0.508 e. The highest BCUT2D eigenvalue weighted by Crippen LogP contribution is 2.31. The third-order valence-corrected chi connectivity index (χ3v) is 3.16. The van der Waals surface area contributed by atoms with Crippen LogP contribution in [-0.4, -0.2) is 10.2 Å². The van der Waals surface area contributed by atoms with E-state index in [1.807, 2.05) is 6.07 Å². The van der Waals surface area contributed by atoms with E-state index in [9.17, 15) is 5.11 Å². The zero-order valence-corrected chi connectivity index (χ0v) is 9.61. The van der Waals surface area contributed by atoms with Crippen LogP contribution in [0.1, 0.15) is 5.56 Å². The van der Waals surface area contributed by atoms with Crippen molar-refractivity contribution in [2.45, 2.75) is 9.79 Å². The molecule has 17 heavy (non-hydrogen) atoms. The van der Waals surface area contributed by atoms with Crippen LogP contribution in [0.2, 0.25) is 0 Å². The summed E-state index contributed by atoms with van der Waals surface area (Å²) in [5.41, 5.74) is 0.264. The maximum atomic E-state index is 9.54. The van der Waals surface area contributed by atoms with Crippen molar-refractivity contribution in [2.75, 3.05) is 0 Å². The molecule has 0 fully saturated rings. The third kappa shape index (κ3) is 2.71. The molecule has 2 rings (SSSR count). The Bertz CT molecular complexity index is 573. The standard InChI is InChI=1S/C13H9NO2S/c14-8-9-1-4-12(7-13(9)16)17-11-5-2-10(15)3-6-11/h1-7,15-16H. The fraction of sp³-hybridized carbons (Fsp3) is 0. The van der Waals surface area contributed by atoms with Crippen LogP contribution in [-0.2, 0) is 0 Å². The summed E-state index contributed by atoms with van der Waals surface area (Å²) in [6.45, 7) is 0. The summed E-state index contributed by atoms with van der Waals surface area (Å²) < 4.78 is 0. The Balaban J connectivity index is 2.22. The molecule has 2 N–H and O–H groups in total. The first-order chi connectivity index (χ1) is 8.19. The van der Waals surface area contributed by atoms with Gasteiger partial charge in [-0.2, -0.15) is 5.26 Å². The maximum absolute atomic E-state index is 9.54. The lowest BCUT2D eigenvalue weighted by molar-refractivity contribution is 0.472. The summed E-state index contributed by atoms with van der Waals surface area (Å²) in [6, 6.07) is 13.6. The highest BCUT2D eigenvalue weighted by molar-refractivity contribution is 7.99. The molecule has 0 aliphatic rings. The predicted octanol–water partition coefficient (Wildman–Crippen LogP) is 3.12. The van der Waals surface area contributed by atoms with Crippen LogP contribution in [0.3, 0.4) is 0 Å². The van der Waals surface area contributed by atoms with Crippen LogP contribution < -0.4 is 0 Å². The van der Waals surface area contributed by atoms with Gasteiger partial charge < -0.3 is 10.2 Å². The molecule has 4 heteroatoms. The molecule has 0 atom stereocenters. The summed E-state index contributed by atoms with van der Waals surface area (Å²) in [4.78, 5) is 1.79. The zero-order valence-electron chi connectivity index (χ0n) is 8.79. The normalized spacial score (nSPS) is 9.82. The Morgan fingerprint density at radius 3 is 2.18 bits per heavy atom. The molecule has 0 aromatic heterocycles. The third-order valence-electron chi connectivity index (χ3n) is 2.16. The first-order valence-electron chi connectivity index (χ1n) is 4.89. The number of aromatic hydroxyl groups is 2. The summed E-state index contributed by atoms with van der Waals surface area (Å²) >= 11 is 1.45. The second-order valence-electron chi connectivity index (χ2n) is 3.39. The van der Waals surface area contributed by atoms with E-state index in [2.05, 4.69) is 0 Å². The Morgan fingerprint density at radius 2 is 1.59 bits per heavy atom. The van der Waals surface area contributed by atoms with Crippen molar-refractivity contribution in [3.05, 3.63) is 48.0 Å². The largest absolute Gasteiger partial charge is 0.508 e. The predicted molar refractivity (Wildman–Crippen MR) is 65.1 cm³/mol. The van der Waals surface area contributed by atoms with Gasteiger partial charge in [-0.25, -0.2) is 0 Å². The topological polar surface area (TPSA) is 64.2 Å². The molecule has 0 unspecified atom stereocenters. The van der Waals surface area contributed by atoms with Crippen molar-refractivity contribution in [3.63, 3.8) is 0 Å². The Kier molecular flexibility index (Phi) is 3.22. The minimum atomic E-state index is -0.0173. The molecule has 0 heterocycles. The summed E-state index contributed by atoms with van der Waals surface area (Å²) in [5.74, 6) is 0.202. The van der Waals surface area contributed by atoms with E-state index >= 15 is 0 Å². The quantitative estimate of drug-likeness (QED) is 0.850. The van der Waals surface area contributed by atoms with E-state index in [-0.39, 0.29) is 17.1 Å². The first-order valence-corrected chi connectivity index (χ1v) is 5.70. The zero-order chi connectivity index (χ0) is 12.3. The van der Waals surface area contributed by atoms with Gasteiger partial charge in [0.05, 0.1) is 5.56 Å². The molecule has 3 nitrogen and oxygen atoms in total. The van der Waals surface area contributed by atoms with Crippen molar-refractivity contribution in [1.82, 2.24) is 0 Å². The number of hydrogen-bond acceptors (Lipinski definition) is 4. The Hall–Kier alpha value is -2.12. The summed E-state index contributed by atoms with van der Waals surface area (Å²) in [7, 11) is 0. The fourth-order valence-electron chi connectivity index (χ4n) is 1.32. The van der Waals surface area contributed by atoms with Crippen LogP contribution >= 0.6 is 11.8 Å². The van der Waals surface area contributed by atoms with Crippen LogP contribution in [0.4, 0.5) is 0 Å². The second kappa shape index (κ2) is 4.81. The number of hydrogen-bond donors (Lipinski definition) is 2. The molecule has 0 saturated carbocycles. The van der Waals surface area contributed by atoms with Crippen LogP contribution in [0.15, 0.2) is 52.3 Å². The van der Waals surface area contributed by atoms with Gasteiger partial charge >= 0.3 is 0 Å². The van der Waals surface area contributed by atoms with Crippen molar-refractivity contribution >= 4 is 11.8 Å². The number of nitrogens with zero attached hydrogens (tertiary/aromatic N) is 1. The number of rotatable bonds is 2. The molecular weight excluding hydrogens is 234 g/mol. The van der Waals surface area contributed by atoms with Crippen molar-refractivity contribution in [3.8, 4) is 17.6 Å². The smallest absolute Gasteiger partial charge is 0.134 e. The summed E-state index contributed by atoms with van der Waals surface area (Å²) in [5, 5.41) is 27.4. The molecule has 0 radical (unpaired) electrons. The average Bonchev–Trinajstić information content (AvgIpc) is 2.32. The molecule has 84 valence electrons. The van der Waals surface area contributed by atoms with E-state index in [0.29, 0.717) is 0 Å². The van der Waals surface area contributed by atoms with Gasteiger partial charge in [-0.3, -0.25) is 0 Å². The number of phenolic OH excluding ortho intramolecular Hbond substituents is 2.